The van der Waals surface area contributed by atoms with Gasteiger partial charge >= 0.3 is 0 Å². The van der Waals surface area contributed by atoms with Crippen LogP contribution >= 0.6 is 0 Å². The van der Waals surface area contributed by atoms with Crippen molar-refractivity contribution in [3.05, 3.63) is 0 Å². The van der Waals surface area contributed by atoms with E-state index in [1.807, 2.05) is 0 Å². The Kier molecular flexibility index (Phi) is 9.09. The van der Waals surface area contributed by atoms with Crippen molar-refractivity contribution in [2.24, 2.45) is 0 Å². The summed E-state index contributed by atoms with van der Waals surface area (Å²) in [7, 11) is 8.35. The van der Waals surface area contributed by atoms with Gasteiger partial charge in [-0.15, -0.1) is 0 Å². The number of likely N-dealkylation sites (N-methyl/N-ethyl adjacent to an activating group) is 2. The predicted octanol–water partition coefficient (Wildman–Crippen LogP) is 0.107. The predicted molar refractivity (Wildman–Crippen MR) is 37.1 cm³/mol. The smallest absolute Gasteiger partial charge is 0.0103 e. The van der Waals surface area contributed by atoms with Gasteiger partial charge < -0.3 is 9.80 Å². The molecule has 3 heteroatoms. The first-order valence-corrected chi connectivity index (χ1v) is 2.92. The summed E-state index contributed by atoms with van der Waals surface area (Å²) in [4.78, 5) is 4.36. The van der Waals surface area contributed by atoms with Crippen LogP contribution in [0.3, 0.4) is 0 Å². The van der Waals surface area contributed by atoms with Crippen molar-refractivity contribution in [1.29, 1.82) is 0 Å². The molecule has 0 atom stereocenters. The molecular weight excluding hydrogens is 290 g/mol. The van der Waals surface area contributed by atoms with Gasteiger partial charge in [0.25, 0.3) is 0 Å². The van der Waals surface area contributed by atoms with Gasteiger partial charge in [0, 0.05) is 32.9 Å². The molecule has 0 aromatic heterocycles. The van der Waals surface area contributed by atoms with E-state index in [0.29, 0.717) is 0 Å². The third-order valence-corrected chi connectivity index (χ3v) is 0.994. The monoisotopic (exact) mass is 308 g/mol. The Labute approximate surface area is 71.3 Å². The van der Waals surface area contributed by atoms with E-state index in [2.05, 4.69) is 38.0 Å². The zero-order valence-electron chi connectivity index (χ0n) is 6.66. The van der Waals surface area contributed by atoms with Crippen molar-refractivity contribution < 1.29 is 19.8 Å². The summed E-state index contributed by atoms with van der Waals surface area (Å²) in [6.07, 6.45) is 0. The summed E-state index contributed by atoms with van der Waals surface area (Å²) in [5.74, 6) is 0. The molecule has 0 unspecified atom stereocenters. The van der Waals surface area contributed by atoms with Crippen LogP contribution in [0.15, 0.2) is 0 Å². The van der Waals surface area contributed by atoms with Gasteiger partial charge in [-0.05, 0) is 28.2 Å². The van der Waals surface area contributed by atoms with Crippen LogP contribution in [-0.4, -0.2) is 51.1 Å². The van der Waals surface area contributed by atoms with Crippen LogP contribution < -0.4 is 0 Å². The second kappa shape index (κ2) is 6.67. The number of hydrogen-bond acceptors (Lipinski definition) is 2. The van der Waals surface area contributed by atoms with Crippen LogP contribution in [0, 0.1) is 0 Å². The van der Waals surface area contributed by atoms with Crippen molar-refractivity contribution in [2.75, 3.05) is 41.3 Å². The standard InChI is InChI=1S/C6H16N2.Os/c1-7(2)5-6-8(3)4;/h5-6H2,1-4H3;. The van der Waals surface area contributed by atoms with E-state index in [1.54, 1.807) is 0 Å². The first-order valence-electron chi connectivity index (χ1n) is 2.92. The summed E-state index contributed by atoms with van der Waals surface area (Å²) in [5, 5.41) is 0. The Hall–Kier alpha value is 0.556. The molecule has 0 rings (SSSR count). The molecule has 0 amide bonds. The fraction of sp³-hybridized carbons (Fsp3) is 1.00. The van der Waals surface area contributed by atoms with Crippen molar-refractivity contribution >= 4 is 0 Å². The first kappa shape index (κ1) is 12.3. The molecule has 0 aliphatic heterocycles. The summed E-state index contributed by atoms with van der Waals surface area (Å²) in [6, 6.07) is 0. The van der Waals surface area contributed by atoms with Gasteiger partial charge in [0.1, 0.15) is 0 Å². The molecule has 58 valence electrons. The zero-order chi connectivity index (χ0) is 6.57. The molecule has 0 saturated heterocycles. The minimum Gasteiger partial charge on any atom is -0.308 e. The molecule has 9 heavy (non-hydrogen) atoms. The number of hydrogen-bond donors (Lipinski definition) is 0. The molecule has 0 bridgehead atoms. The Morgan fingerprint density at radius 1 is 0.778 bits per heavy atom. The molecular formula is C6H16N2Os. The van der Waals surface area contributed by atoms with E-state index in [9.17, 15) is 0 Å². The van der Waals surface area contributed by atoms with Crippen molar-refractivity contribution in [3.63, 3.8) is 0 Å². The third kappa shape index (κ3) is 11.9. The molecule has 0 radical (unpaired) electrons. The van der Waals surface area contributed by atoms with Crippen LogP contribution in [0.2, 0.25) is 0 Å². The van der Waals surface area contributed by atoms with E-state index in [1.165, 1.54) is 0 Å². The summed E-state index contributed by atoms with van der Waals surface area (Å²) in [6.45, 7) is 2.29. The van der Waals surface area contributed by atoms with E-state index in [0.717, 1.165) is 13.1 Å². The molecule has 0 spiro atoms. The van der Waals surface area contributed by atoms with Gasteiger partial charge in [0.05, 0.1) is 0 Å². The maximum atomic E-state index is 2.18. The zero-order valence-corrected chi connectivity index (χ0v) is 9.20. The maximum absolute atomic E-state index is 2.18. The van der Waals surface area contributed by atoms with Gasteiger partial charge in [-0.2, -0.15) is 0 Å². The van der Waals surface area contributed by atoms with Gasteiger partial charge in [0.15, 0.2) is 0 Å². The van der Waals surface area contributed by atoms with Crippen molar-refractivity contribution in [2.45, 2.75) is 0 Å². The van der Waals surface area contributed by atoms with Crippen LogP contribution in [-0.2, 0) is 19.8 Å². The molecule has 0 saturated carbocycles. The molecule has 0 aromatic rings. The average molecular weight is 306 g/mol. The van der Waals surface area contributed by atoms with E-state index >= 15 is 0 Å². The second-order valence-electron chi connectivity index (χ2n) is 2.61. The first-order chi connectivity index (χ1) is 3.63. The third-order valence-electron chi connectivity index (χ3n) is 0.994. The number of nitrogens with zero attached hydrogens (tertiary/aromatic N) is 2. The average Bonchev–Trinajstić information content (AvgIpc) is 1.61. The minimum absolute atomic E-state index is 0. The van der Waals surface area contributed by atoms with E-state index in [-0.39, 0.29) is 19.8 Å². The summed E-state index contributed by atoms with van der Waals surface area (Å²) >= 11 is 0. The van der Waals surface area contributed by atoms with Crippen LogP contribution in [0.4, 0.5) is 0 Å². The van der Waals surface area contributed by atoms with Gasteiger partial charge in [-0.25, -0.2) is 0 Å². The molecule has 0 aliphatic rings. The van der Waals surface area contributed by atoms with Gasteiger partial charge in [-0.1, -0.05) is 0 Å². The molecule has 0 aromatic carbocycles. The normalized spacial score (nSPS) is 10.0. The van der Waals surface area contributed by atoms with Gasteiger partial charge in [0.2, 0.25) is 0 Å². The van der Waals surface area contributed by atoms with E-state index in [4.69, 9.17) is 0 Å². The SMILES string of the molecule is CN(C)CCN(C)C.[Os]. The Morgan fingerprint density at radius 2 is 1.00 bits per heavy atom. The Bertz CT molecular complexity index is 47.0. The molecule has 2 nitrogen and oxygen atoms in total. The fourth-order valence-electron chi connectivity index (χ4n) is 0.400. The molecule has 0 heterocycles. The Morgan fingerprint density at radius 3 is 1.11 bits per heavy atom. The molecule has 0 aliphatic carbocycles. The second-order valence-corrected chi connectivity index (χ2v) is 2.61. The van der Waals surface area contributed by atoms with Crippen LogP contribution in [0.5, 0.6) is 0 Å². The van der Waals surface area contributed by atoms with E-state index < -0.39 is 0 Å². The van der Waals surface area contributed by atoms with Gasteiger partial charge in [-0.3, -0.25) is 0 Å². The number of rotatable bonds is 3. The van der Waals surface area contributed by atoms with Crippen LogP contribution in [0.25, 0.3) is 0 Å². The molecule has 0 N–H and O–H groups in total. The quantitative estimate of drug-likeness (QED) is 0.730. The minimum atomic E-state index is 0. The summed E-state index contributed by atoms with van der Waals surface area (Å²) in [5.41, 5.74) is 0. The fourth-order valence-corrected chi connectivity index (χ4v) is 0.400. The largest absolute Gasteiger partial charge is 0.308 e. The van der Waals surface area contributed by atoms with Crippen molar-refractivity contribution in [1.82, 2.24) is 9.80 Å². The topological polar surface area (TPSA) is 6.48 Å². The Balaban J connectivity index is 0. The van der Waals surface area contributed by atoms with Crippen molar-refractivity contribution in [3.8, 4) is 0 Å². The molecule has 0 fully saturated rings. The maximum Gasteiger partial charge on any atom is 0.0103 e. The summed E-state index contributed by atoms with van der Waals surface area (Å²) < 4.78 is 0. The van der Waals surface area contributed by atoms with Crippen LogP contribution in [0.1, 0.15) is 0 Å².